The van der Waals surface area contributed by atoms with Crippen LogP contribution in [-0.4, -0.2) is 25.2 Å². The summed E-state index contributed by atoms with van der Waals surface area (Å²) in [6.45, 7) is 16.1. The van der Waals surface area contributed by atoms with E-state index in [1.807, 2.05) is 0 Å². The van der Waals surface area contributed by atoms with Crippen molar-refractivity contribution < 1.29 is 19.1 Å². The third kappa shape index (κ3) is 20.6. The van der Waals surface area contributed by atoms with Crippen LogP contribution in [0.2, 0.25) is 0 Å². The molecule has 0 N–H and O–H groups in total. The van der Waals surface area contributed by atoms with Gasteiger partial charge in [-0.05, 0) is 25.7 Å². The summed E-state index contributed by atoms with van der Waals surface area (Å²) in [5.74, 6) is -0.0632. The lowest BCUT2D eigenvalue weighted by Crippen LogP contribution is -2.14. The van der Waals surface area contributed by atoms with Gasteiger partial charge in [0.25, 0.3) is 0 Å². The number of esters is 2. The largest absolute Gasteiger partial charge is 0.463 e. The Balaban J connectivity index is 0. The van der Waals surface area contributed by atoms with Crippen LogP contribution < -0.4 is 0 Å². The molecule has 0 spiro atoms. The fourth-order valence-electron chi connectivity index (χ4n) is 2.33. The summed E-state index contributed by atoms with van der Waals surface area (Å²) in [5, 5.41) is 0. The average Bonchev–Trinajstić information content (AvgIpc) is 2.67. The van der Waals surface area contributed by atoms with Crippen molar-refractivity contribution in [2.24, 2.45) is 5.92 Å². The van der Waals surface area contributed by atoms with Gasteiger partial charge in [-0.1, -0.05) is 85.3 Å². The first kappa shape index (κ1) is 27.6. The monoisotopic (exact) mass is 382 g/mol. The van der Waals surface area contributed by atoms with Crippen molar-refractivity contribution in [3.05, 3.63) is 24.8 Å². The Hall–Kier alpha value is -1.58. The van der Waals surface area contributed by atoms with Crippen LogP contribution in [0.1, 0.15) is 91.9 Å². The van der Waals surface area contributed by atoms with Gasteiger partial charge in [-0.2, -0.15) is 0 Å². The quantitative estimate of drug-likeness (QED) is 0.187. The maximum absolute atomic E-state index is 11.1. The summed E-state index contributed by atoms with van der Waals surface area (Å²) in [7, 11) is 0. The molecule has 1 unspecified atom stereocenters. The van der Waals surface area contributed by atoms with E-state index >= 15 is 0 Å². The molecule has 0 amide bonds. The molecule has 0 aromatic carbocycles. The SMILES string of the molecule is C=C(C)C(=O)OCC(CC)CCCC.C=CC(=O)OCCCCCCCC. The first-order valence-corrected chi connectivity index (χ1v) is 10.5. The molecule has 0 rings (SSSR count). The molecular formula is C23H42O4. The molecule has 0 aliphatic rings. The molecule has 0 aromatic rings. The minimum absolute atomic E-state index is 0.264. The van der Waals surface area contributed by atoms with E-state index in [4.69, 9.17) is 9.47 Å². The van der Waals surface area contributed by atoms with Crippen molar-refractivity contribution >= 4 is 11.9 Å². The van der Waals surface area contributed by atoms with Gasteiger partial charge < -0.3 is 9.47 Å². The molecule has 0 radical (unpaired) electrons. The molecular weight excluding hydrogens is 340 g/mol. The van der Waals surface area contributed by atoms with Gasteiger partial charge in [-0.15, -0.1) is 0 Å². The summed E-state index contributed by atoms with van der Waals surface area (Å²) >= 11 is 0. The number of hydrogen-bond donors (Lipinski definition) is 0. The molecule has 0 bridgehead atoms. The Morgan fingerprint density at radius 2 is 1.52 bits per heavy atom. The second-order valence-corrected chi connectivity index (χ2v) is 6.93. The predicted molar refractivity (Wildman–Crippen MR) is 114 cm³/mol. The Kier molecular flexibility index (Phi) is 21.2. The molecule has 0 heterocycles. The lowest BCUT2D eigenvalue weighted by molar-refractivity contribution is -0.140. The van der Waals surface area contributed by atoms with Crippen LogP contribution in [0.3, 0.4) is 0 Å². The normalized spacial score (nSPS) is 11.0. The third-order valence-corrected chi connectivity index (χ3v) is 4.25. The minimum Gasteiger partial charge on any atom is -0.463 e. The first-order valence-electron chi connectivity index (χ1n) is 10.5. The highest BCUT2D eigenvalue weighted by molar-refractivity contribution is 5.86. The molecule has 4 heteroatoms. The van der Waals surface area contributed by atoms with Crippen LogP contribution in [0.25, 0.3) is 0 Å². The van der Waals surface area contributed by atoms with E-state index in [2.05, 4.69) is 33.9 Å². The molecule has 0 aliphatic heterocycles. The lowest BCUT2D eigenvalue weighted by Gasteiger charge is -2.14. The number of ether oxygens (including phenoxy) is 2. The van der Waals surface area contributed by atoms with Crippen LogP contribution in [-0.2, 0) is 19.1 Å². The zero-order valence-corrected chi connectivity index (χ0v) is 18.2. The smallest absolute Gasteiger partial charge is 0.333 e. The van der Waals surface area contributed by atoms with E-state index < -0.39 is 0 Å². The van der Waals surface area contributed by atoms with Gasteiger partial charge in [-0.25, -0.2) is 9.59 Å². The highest BCUT2D eigenvalue weighted by Gasteiger charge is 2.09. The molecule has 0 saturated heterocycles. The van der Waals surface area contributed by atoms with Crippen molar-refractivity contribution in [2.45, 2.75) is 91.9 Å². The molecule has 158 valence electrons. The van der Waals surface area contributed by atoms with Gasteiger partial charge in [-0.3, -0.25) is 0 Å². The molecule has 4 nitrogen and oxygen atoms in total. The van der Waals surface area contributed by atoms with Gasteiger partial charge in [0.05, 0.1) is 13.2 Å². The number of rotatable bonds is 15. The number of carbonyl (C=O) groups excluding carboxylic acids is 2. The highest BCUT2D eigenvalue weighted by Crippen LogP contribution is 2.13. The summed E-state index contributed by atoms with van der Waals surface area (Å²) in [6, 6.07) is 0. The summed E-state index contributed by atoms with van der Waals surface area (Å²) in [5.41, 5.74) is 0.482. The van der Waals surface area contributed by atoms with Crippen LogP contribution in [0.4, 0.5) is 0 Å². The van der Waals surface area contributed by atoms with Gasteiger partial charge >= 0.3 is 11.9 Å². The zero-order valence-electron chi connectivity index (χ0n) is 18.2. The van der Waals surface area contributed by atoms with Gasteiger partial charge in [0.1, 0.15) is 0 Å². The maximum Gasteiger partial charge on any atom is 0.333 e. The topological polar surface area (TPSA) is 52.6 Å². The zero-order chi connectivity index (χ0) is 20.9. The summed E-state index contributed by atoms with van der Waals surface area (Å²) < 4.78 is 9.96. The van der Waals surface area contributed by atoms with E-state index in [1.165, 1.54) is 44.6 Å². The van der Waals surface area contributed by atoms with Crippen molar-refractivity contribution in [3.63, 3.8) is 0 Å². The fourth-order valence-corrected chi connectivity index (χ4v) is 2.33. The number of carbonyl (C=O) groups is 2. The molecule has 0 aromatic heterocycles. The summed E-state index contributed by atoms with van der Waals surface area (Å²) in [6.07, 6.45) is 13.1. The highest BCUT2D eigenvalue weighted by atomic mass is 16.5. The third-order valence-electron chi connectivity index (χ3n) is 4.25. The Morgan fingerprint density at radius 3 is 2.04 bits per heavy atom. The van der Waals surface area contributed by atoms with E-state index in [9.17, 15) is 9.59 Å². The van der Waals surface area contributed by atoms with Gasteiger partial charge in [0.2, 0.25) is 0 Å². The van der Waals surface area contributed by atoms with Crippen molar-refractivity contribution in [1.29, 1.82) is 0 Å². The fraction of sp³-hybridized carbons (Fsp3) is 0.739. The predicted octanol–water partition coefficient (Wildman–Crippen LogP) is 6.40. The van der Waals surface area contributed by atoms with Crippen molar-refractivity contribution in [2.75, 3.05) is 13.2 Å². The first-order chi connectivity index (χ1) is 12.9. The van der Waals surface area contributed by atoms with Crippen LogP contribution >= 0.6 is 0 Å². The van der Waals surface area contributed by atoms with E-state index in [-0.39, 0.29) is 11.9 Å². The molecule has 0 saturated carbocycles. The second-order valence-electron chi connectivity index (χ2n) is 6.93. The molecule has 0 aliphatic carbocycles. The molecule has 27 heavy (non-hydrogen) atoms. The van der Waals surface area contributed by atoms with Crippen LogP contribution in [0.5, 0.6) is 0 Å². The van der Waals surface area contributed by atoms with Gasteiger partial charge in [0.15, 0.2) is 0 Å². The maximum atomic E-state index is 11.1. The minimum atomic E-state index is -0.312. The number of hydrogen-bond acceptors (Lipinski definition) is 4. The Labute approximate surface area is 167 Å². The lowest BCUT2D eigenvalue weighted by atomic mass is 10.0. The Morgan fingerprint density at radius 1 is 0.926 bits per heavy atom. The Bertz CT molecular complexity index is 401. The van der Waals surface area contributed by atoms with E-state index in [1.54, 1.807) is 6.92 Å². The van der Waals surface area contributed by atoms with Crippen LogP contribution in [0.15, 0.2) is 24.8 Å². The molecule has 0 fully saturated rings. The number of unbranched alkanes of at least 4 members (excludes halogenated alkanes) is 6. The second kappa shape index (κ2) is 20.7. The van der Waals surface area contributed by atoms with Gasteiger partial charge in [0, 0.05) is 11.6 Å². The standard InChI is InChI=1S/C12H22O2.C11H20O2/c1-5-7-8-11(6-2)9-14-12(13)10(3)4;1-3-5-6-7-8-9-10-13-11(12)4-2/h11H,3,5-9H2,1-2,4H3;4H,2-3,5-10H2,1H3. The molecule has 1 atom stereocenters. The average molecular weight is 383 g/mol. The summed E-state index contributed by atoms with van der Waals surface area (Å²) in [4.78, 5) is 21.7. The van der Waals surface area contributed by atoms with Crippen molar-refractivity contribution in [3.8, 4) is 0 Å². The van der Waals surface area contributed by atoms with E-state index in [0.717, 1.165) is 25.7 Å². The van der Waals surface area contributed by atoms with E-state index in [0.29, 0.717) is 24.7 Å². The van der Waals surface area contributed by atoms with Crippen LogP contribution in [0, 0.1) is 5.92 Å². The van der Waals surface area contributed by atoms with Crippen molar-refractivity contribution in [1.82, 2.24) is 0 Å².